The summed E-state index contributed by atoms with van der Waals surface area (Å²) in [5.41, 5.74) is 0. The van der Waals surface area contributed by atoms with E-state index in [1.54, 1.807) is 12.1 Å². The fraction of sp³-hybridized carbons (Fsp3) is 0.333. The zero-order valence-electron chi connectivity index (χ0n) is 7.43. The van der Waals surface area contributed by atoms with Crippen LogP contribution in [0.2, 0.25) is 10.0 Å². The zero-order valence-corrected chi connectivity index (χ0v) is 8.95. The molecule has 0 aliphatic carbocycles. The van der Waals surface area contributed by atoms with Crippen LogP contribution in [0.3, 0.4) is 0 Å². The van der Waals surface area contributed by atoms with E-state index in [0.29, 0.717) is 28.2 Å². The molecular weight excluding hydrogens is 211 g/mol. The first kappa shape index (κ1) is 10.5. The highest BCUT2D eigenvalue weighted by Crippen LogP contribution is 2.37. The maximum atomic E-state index is 5.88. The number of halogens is 2. The van der Waals surface area contributed by atoms with Crippen molar-refractivity contribution in [2.75, 3.05) is 13.7 Å². The van der Waals surface area contributed by atoms with Gasteiger partial charge in [-0.25, -0.2) is 0 Å². The number of hydrogen-bond acceptors (Lipinski definition) is 2. The Morgan fingerprint density at radius 2 is 2.00 bits per heavy atom. The van der Waals surface area contributed by atoms with E-state index in [1.807, 2.05) is 6.92 Å². The fourth-order valence-electron chi connectivity index (χ4n) is 0.998. The van der Waals surface area contributed by atoms with E-state index < -0.39 is 0 Å². The van der Waals surface area contributed by atoms with Gasteiger partial charge >= 0.3 is 0 Å². The highest BCUT2D eigenvalue weighted by Gasteiger charge is 2.09. The van der Waals surface area contributed by atoms with Gasteiger partial charge in [-0.2, -0.15) is 0 Å². The van der Waals surface area contributed by atoms with Crippen LogP contribution in [0.15, 0.2) is 12.1 Å². The molecule has 2 nitrogen and oxygen atoms in total. The van der Waals surface area contributed by atoms with Gasteiger partial charge in [-0.05, 0) is 13.0 Å². The molecule has 0 N–H and O–H groups in total. The number of rotatable bonds is 3. The van der Waals surface area contributed by atoms with Gasteiger partial charge < -0.3 is 9.47 Å². The molecule has 0 saturated heterocycles. The van der Waals surface area contributed by atoms with Crippen molar-refractivity contribution in [1.82, 2.24) is 0 Å². The van der Waals surface area contributed by atoms with Crippen molar-refractivity contribution in [2.24, 2.45) is 0 Å². The second kappa shape index (κ2) is 4.58. The van der Waals surface area contributed by atoms with Crippen molar-refractivity contribution in [1.29, 1.82) is 0 Å². The number of ether oxygens (including phenoxy) is 2. The largest absolute Gasteiger partial charge is 0.491 e. The molecular formula is C9H10Cl2O2. The van der Waals surface area contributed by atoms with E-state index in [-0.39, 0.29) is 0 Å². The van der Waals surface area contributed by atoms with E-state index in [4.69, 9.17) is 32.7 Å². The Hall–Kier alpha value is -0.600. The van der Waals surface area contributed by atoms with Crippen molar-refractivity contribution in [3.05, 3.63) is 22.2 Å². The molecule has 0 heterocycles. The quantitative estimate of drug-likeness (QED) is 0.778. The van der Waals surface area contributed by atoms with Crippen molar-refractivity contribution in [3.63, 3.8) is 0 Å². The van der Waals surface area contributed by atoms with Gasteiger partial charge in [0.05, 0.1) is 18.7 Å². The maximum absolute atomic E-state index is 5.88. The predicted molar refractivity (Wildman–Crippen MR) is 54.2 cm³/mol. The first-order chi connectivity index (χ1) is 6.19. The minimum atomic E-state index is 0.457. The highest BCUT2D eigenvalue weighted by atomic mass is 35.5. The summed E-state index contributed by atoms with van der Waals surface area (Å²) in [7, 11) is 1.54. The van der Waals surface area contributed by atoms with Crippen LogP contribution in [0.5, 0.6) is 11.5 Å². The monoisotopic (exact) mass is 220 g/mol. The Morgan fingerprint density at radius 3 is 2.54 bits per heavy atom. The lowest BCUT2D eigenvalue weighted by atomic mass is 10.3. The molecule has 0 aromatic heterocycles. The molecule has 0 bridgehead atoms. The molecule has 1 aromatic rings. The highest BCUT2D eigenvalue weighted by molar-refractivity contribution is 6.35. The van der Waals surface area contributed by atoms with Crippen LogP contribution in [0, 0.1) is 0 Å². The second-order valence-corrected chi connectivity index (χ2v) is 3.20. The predicted octanol–water partition coefficient (Wildman–Crippen LogP) is 3.40. The SMILES string of the molecule is CCOc1cc(Cl)cc(Cl)c1OC. The molecule has 0 radical (unpaired) electrons. The molecule has 0 fully saturated rings. The topological polar surface area (TPSA) is 18.5 Å². The van der Waals surface area contributed by atoms with Crippen molar-refractivity contribution < 1.29 is 9.47 Å². The Morgan fingerprint density at radius 1 is 1.31 bits per heavy atom. The van der Waals surface area contributed by atoms with E-state index >= 15 is 0 Å². The lowest BCUT2D eigenvalue weighted by Crippen LogP contribution is -1.95. The smallest absolute Gasteiger partial charge is 0.179 e. The molecule has 4 heteroatoms. The van der Waals surface area contributed by atoms with Gasteiger partial charge in [0.15, 0.2) is 11.5 Å². The van der Waals surface area contributed by atoms with Crippen LogP contribution in [-0.2, 0) is 0 Å². The van der Waals surface area contributed by atoms with Crippen LogP contribution in [0.4, 0.5) is 0 Å². The molecule has 0 aliphatic heterocycles. The van der Waals surface area contributed by atoms with Crippen molar-refractivity contribution >= 4 is 23.2 Å². The van der Waals surface area contributed by atoms with E-state index in [9.17, 15) is 0 Å². The first-order valence-corrected chi connectivity index (χ1v) is 4.60. The zero-order chi connectivity index (χ0) is 9.84. The number of methoxy groups -OCH3 is 1. The molecule has 0 atom stereocenters. The molecule has 13 heavy (non-hydrogen) atoms. The van der Waals surface area contributed by atoms with Crippen LogP contribution in [-0.4, -0.2) is 13.7 Å². The van der Waals surface area contributed by atoms with Crippen molar-refractivity contribution in [2.45, 2.75) is 6.92 Å². The van der Waals surface area contributed by atoms with E-state index in [2.05, 4.69) is 0 Å². The van der Waals surface area contributed by atoms with Gasteiger partial charge in [-0.15, -0.1) is 0 Å². The molecule has 0 unspecified atom stereocenters. The van der Waals surface area contributed by atoms with Gasteiger partial charge in [0.25, 0.3) is 0 Å². The summed E-state index contributed by atoms with van der Waals surface area (Å²) < 4.78 is 10.4. The summed E-state index contributed by atoms with van der Waals surface area (Å²) in [5, 5.41) is 0.993. The molecule has 72 valence electrons. The molecule has 1 aromatic carbocycles. The Kier molecular flexibility index (Phi) is 3.70. The summed E-state index contributed by atoms with van der Waals surface area (Å²) in [6.07, 6.45) is 0. The maximum Gasteiger partial charge on any atom is 0.179 e. The third kappa shape index (κ3) is 2.42. The third-order valence-corrected chi connectivity index (χ3v) is 1.98. The minimum absolute atomic E-state index is 0.457. The number of benzene rings is 1. The Bertz CT molecular complexity index is 300. The molecule has 0 spiro atoms. The van der Waals surface area contributed by atoms with Crippen LogP contribution in [0.25, 0.3) is 0 Å². The third-order valence-electron chi connectivity index (χ3n) is 1.48. The first-order valence-electron chi connectivity index (χ1n) is 3.84. The average Bonchev–Trinajstić information content (AvgIpc) is 2.04. The van der Waals surface area contributed by atoms with Gasteiger partial charge in [0.1, 0.15) is 0 Å². The van der Waals surface area contributed by atoms with E-state index in [0.717, 1.165) is 0 Å². The normalized spacial score (nSPS) is 9.85. The van der Waals surface area contributed by atoms with Crippen LogP contribution >= 0.6 is 23.2 Å². The number of hydrogen-bond donors (Lipinski definition) is 0. The Labute approximate surface area is 87.4 Å². The fourth-order valence-corrected chi connectivity index (χ4v) is 1.55. The van der Waals surface area contributed by atoms with Gasteiger partial charge in [0, 0.05) is 11.1 Å². The lowest BCUT2D eigenvalue weighted by molar-refractivity contribution is 0.311. The summed E-state index contributed by atoms with van der Waals surface area (Å²) in [4.78, 5) is 0. The van der Waals surface area contributed by atoms with Gasteiger partial charge in [-0.3, -0.25) is 0 Å². The molecule has 0 aliphatic rings. The van der Waals surface area contributed by atoms with Crippen molar-refractivity contribution in [3.8, 4) is 11.5 Å². The minimum Gasteiger partial charge on any atom is -0.491 e. The van der Waals surface area contributed by atoms with Gasteiger partial charge in [-0.1, -0.05) is 23.2 Å². The molecule has 1 rings (SSSR count). The molecule has 0 amide bonds. The lowest BCUT2D eigenvalue weighted by Gasteiger charge is -2.10. The van der Waals surface area contributed by atoms with E-state index in [1.165, 1.54) is 7.11 Å². The molecule has 0 saturated carbocycles. The van der Waals surface area contributed by atoms with Crippen LogP contribution < -0.4 is 9.47 Å². The standard InChI is InChI=1S/C9H10Cl2O2/c1-3-13-8-5-6(10)4-7(11)9(8)12-2/h4-5H,3H2,1-2H3. The summed E-state index contributed by atoms with van der Waals surface area (Å²) >= 11 is 11.7. The summed E-state index contributed by atoms with van der Waals surface area (Å²) in [6.45, 7) is 2.43. The second-order valence-electron chi connectivity index (χ2n) is 2.35. The Balaban J connectivity index is 3.13. The summed E-state index contributed by atoms with van der Waals surface area (Å²) in [6, 6.07) is 3.29. The van der Waals surface area contributed by atoms with Crippen LogP contribution in [0.1, 0.15) is 6.92 Å². The average molecular weight is 221 g/mol. The summed E-state index contributed by atoms with van der Waals surface area (Å²) in [5.74, 6) is 1.09. The van der Waals surface area contributed by atoms with Gasteiger partial charge in [0.2, 0.25) is 0 Å².